The van der Waals surface area contributed by atoms with Crippen LogP contribution in [-0.4, -0.2) is 50.3 Å². The topological polar surface area (TPSA) is 48.9 Å². The number of thiophene rings is 1. The molecule has 28 heavy (non-hydrogen) atoms. The van der Waals surface area contributed by atoms with Gasteiger partial charge in [-0.1, -0.05) is 24.3 Å². The number of halogens is 2. The molecule has 2 heterocycles. The lowest BCUT2D eigenvalue weighted by Gasteiger charge is -2.37. The Kier molecular flexibility index (Phi) is 9.63. The summed E-state index contributed by atoms with van der Waals surface area (Å²) in [6, 6.07) is 11.3. The maximum Gasteiger partial charge on any atom is 0.191 e. The van der Waals surface area contributed by atoms with Crippen molar-refractivity contribution in [2.75, 3.05) is 33.3 Å². The van der Waals surface area contributed by atoms with Crippen LogP contribution in [0.4, 0.5) is 4.39 Å². The lowest BCUT2D eigenvalue weighted by atomic mass is 10.1. The molecule has 1 saturated heterocycles. The second kappa shape index (κ2) is 11.7. The third-order valence-corrected chi connectivity index (χ3v) is 5.65. The number of morpholine rings is 1. The van der Waals surface area contributed by atoms with Crippen LogP contribution in [0.25, 0.3) is 0 Å². The minimum atomic E-state index is -0.209. The number of aliphatic imine (C=N–C) groups is 1. The number of ether oxygens (including phenoxy) is 1. The van der Waals surface area contributed by atoms with Gasteiger partial charge in [0.2, 0.25) is 0 Å². The first-order chi connectivity index (χ1) is 13.2. The van der Waals surface area contributed by atoms with Gasteiger partial charge >= 0.3 is 0 Å². The summed E-state index contributed by atoms with van der Waals surface area (Å²) in [6.07, 6.45) is 0.236. The van der Waals surface area contributed by atoms with Crippen molar-refractivity contribution in [2.24, 2.45) is 4.99 Å². The van der Waals surface area contributed by atoms with Crippen LogP contribution in [0.2, 0.25) is 0 Å². The average molecular weight is 518 g/mol. The number of nitrogens with zero attached hydrogens (tertiary/aromatic N) is 2. The van der Waals surface area contributed by atoms with Crippen LogP contribution < -0.4 is 10.6 Å². The molecule has 0 saturated carbocycles. The molecule has 5 nitrogen and oxygen atoms in total. The van der Waals surface area contributed by atoms with Crippen molar-refractivity contribution >= 4 is 41.3 Å². The molecule has 2 atom stereocenters. The second-order valence-corrected chi connectivity index (χ2v) is 7.58. The molecule has 3 rings (SSSR count). The monoisotopic (exact) mass is 518 g/mol. The summed E-state index contributed by atoms with van der Waals surface area (Å²) in [5.74, 6) is 0.459. The second-order valence-electron chi connectivity index (χ2n) is 6.61. The minimum Gasteiger partial charge on any atom is -0.376 e. The molecule has 8 heteroatoms. The Hall–Kier alpha value is -1.23. The number of guanidine groups is 1. The summed E-state index contributed by atoms with van der Waals surface area (Å²) in [6.45, 7) is 5.80. The van der Waals surface area contributed by atoms with E-state index >= 15 is 0 Å². The van der Waals surface area contributed by atoms with Crippen LogP contribution in [0, 0.1) is 5.82 Å². The van der Waals surface area contributed by atoms with Gasteiger partial charge in [-0.05, 0) is 24.4 Å². The van der Waals surface area contributed by atoms with Crippen molar-refractivity contribution in [3.63, 3.8) is 0 Å². The van der Waals surface area contributed by atoms with E-state index in [4.69, 9.17) is 4.74 Å². The Bertz CT molecular complexity index is 744. The standard InChI is InChI=1S/C20H27FN4OS.HI/c1-15-14-25(9-10-26-15)18(19-8-5-11-27-19)13-24-20(22-2)23-12-16-6-3-4-7-17(16)21;/h3-8,11,15,18H,9-10,12-14H2,1-2H3,(H2,22,23,24);1H. The molecule has 0 aliphatic carbocycles. The number of hydrogen-bond acceptors (Lipinski definition) is 4. The third-order valence-electron chi connectivity index (χ3n) is 4.68. The lowest BCUT2D eigenvalue weighted by Crippen LogP contribution is -2.48. The van der Waals surface area contributed by atoms with Gasteiger partial charge in [-0.25, -0.2) is 4.39 Å². The van der Waals surface area contributed by atoms with Crippen LogP contribution in [0.5, 0.6) is 0 Å². The predicted octanol–water partition coefficient (Wildman–Crippen LogP) is 3.63. The van der Waals surface area contributed by atoms with Crippen LogP contribution in [0.15, 0.2) is 46.8 Å². The molecule has 154 valence electrons. The zero-order chi connectivity index (χ0) is 19.1. The zero-order valence-electron chi connectivity index (χ0n) is 16.2. The summed E-state index contributed by atoms with van der Waals surface area (Å²) in [5.41, 5.74) is 0.622. The summed E-state index contributed by atoms with van der Waals surface area (Å²) in [5, 5.41) is 8.71. The van der Waals surface area contributed by atoms with E-state index in [1.54, 1.807) is 30.5 Å². The van der Waals surface area contributed by atoms with Crippen LogP contribution in [-0.2, 0) is 11.3 Å². The van der Waals surface area contributed by atoms with Gasteiger partial charge in [0, 0.05) is 43.7 Å². The third kappa shape index (κ3) is 6.40. The van der Waals surface area contributed by atoms with Crippen molar-refractivity contribution in [2.45, 2.75) is 25.6 Å². The average Bonchev–Trinajstić information content (AvgIpc) is 3.20. The Morgan fingerprint density at radius 2 is 2.14 bits per heavy atom. The van der Waals surface area contributed by atoms with Crippen molar-refractivity contribution in [1.82, 2.24) is 15.5 Å². The molecule has 1 aromatic heterocycles. The number of nitrogens with one attached hydrogen (secondary N) is 2. The molecule has 1 aliphatic heterocycles. The largest absolute Gasteiger partial charge is 0.376 e. The molecule has 0 bridgehead atoms. The van der Waals surface area contributed by atoms with E-state index < -0.39 is 0 Å². The summed E-state index contributed by atoms with van der Waals surface area (Å²) in [4.78, 5) is 8.05. The highest BCUT2D eigenvalue weighted by atomic mass is 127. The lowest BCUT2D eigenvalue weighted by molar-refractivity contribution is -0.0334. The van der Waals surface area contributed by atoms with Crippen molar-refractivity contribution in [1.29, 1.82) is 0 Å². The van der Waals surface area contributed by atoms with E-state index in [2.05, 4.69) is 45.0 Å². The SMILES string of the molecule is CN=C(NCc1ccccc1F)NCC(c1cccs1)N1CCOC(C)C1.I. The van der Waals surface area contributed by atoms with E-state index in [9.17, 15) is 4.39 Å². The van der Waals surface area contributed by atoms with Crippen LogP contribution in [0.3, 0.4) is 0 Å². The first-order valence-corrected chi connectivity index (χ1v) is 10.1. The molecule has 2 N–H and O–H groups in total. The maximum atomic E-state index is 13.8. The van der Waals surface area contributed by atoms with E-state index in [-0.39, 0.29) is 41.9 Å². The molecule has 0 radical (unpaired) electrons. The minimum absolute atomic E-state index is 0. The molecule has 0 amide bonds. The first kappa shape index (κ1) is 23.1. The molecule has 2 unspecified atom stereocenters. The Morgan fingerprint density at radius 1 is 1.32 bits per heavy atom. The van der Waals surface area contributed by atoms with Gasteiger partial charge in [0.25, 0.3) is 0 Å². The van der Waals surface area contributed by atoms with Gasteiger partial charge in [-0.15, -0.1) is 35.3 Å². The fourth-order valence-electron chi connectivity index (χ4n) is 3.25. The normalized spacial score (nSPS) is 19.0. The molecule has 1 fully saturated rings. The van der Waals surface area contributed by atoms with Gasteiger partial charge in [-0.2, -0.15) is 0 Å². The molecule has 2 aromatic rings. The van der Waals surface area contributed by atoms with Crippen LogP contribution in [0.1, 0.15) is 23.4 Å². The van der Waals surface area contributed by atoms with E-state index in [0.717, 1.165) is 26.2 Å². The highest BCUT2D eigenvalue weighted by Crippen LogP contribution is 2.26. The van der Waals surface area contributed by atoms with Gasteiger partial charge < -0.3 is 15.4 Å². The number of rotatable bonds is 6. The molecule has 0 spiro atoms. The molecular formula is C20H28FIN4OS. The Morgan fingerprint density at radius 3 is 2.82 bits per heavy atom. The zero-order valence-corrected chi connectivity index (χ0v) is 19.4. The molecular weight excluding hydrogens is 490 g/mol. The summed E-state index contributed by atoms with van der Waals surface area (Å²) in [7, 11) is 1.73. The predicted molar refractivity (Wildman–Crippen MR) is 124 cm³/mol. The highest BCUT2D eigenvalue weighted by molar-refractivity contribution is 14.0. The Balaban J connectivity index is 0.00000280. The van der Waals surface area contributed by atoms with Crippen LogP contribution >= 0.6 is 35.3 Å². The highest BCUT2D eigenvalue weighted by Gasteiger charge is 2.26. The van der Waals surface area contributed by atoms with E-state index in [1.807, 2.05) is 6.07 Å². The molecule has 1 aromatic carbocycles. The summed E-state index contributed by atoms with van der Waals surface area (Å²) < 4.78 is 19.5. The van der Waals surface area contributed by atoms with E-state index in [1.165, 1.54) is 10.9 Å². The maximum absolute atomic E-state index is 13.8. The Labute approximate surface area is 187 Å². The number of benzene rings is 1. The van der Waals surface area contributed by atoms with Gasteiger partial charge in [0.05, 0.1) is 18.8 Å². The molecule has 1 aliphatic rings. The van der Waals surface area contributed by atoms with Gasteiger partial charge in [0.15, 0.2) is 5.96 Å². The first-order valence-electron chi connectivity index (χ1n) is 9.24. The fourth-order valence-corrected chi connectivity index (χ4v) is 4.11. The van der Waals surface area contributed by atoms with Gasteiger partial charge in [-0.3, -0.25) is 9.89 Å². The van der Waals surface area contributed by atoms with E-state index in [0.29, 0.717) is 18.1 Å². The quantitative estimate of drug-likeness (QED) is 0.349. The summed E-state index contributed by atoms with van der Waals surface area (Å²) >= 11 is 1.77. The van der Waals surface area contributed by atoms with Gasteiger partial charge in [0.1, 0.15) is 5.82 Å². The fraction of sp³-hybridized carbons (Fsp3) is 0.450. The smallest absolute Gasteiger partial charge is 0.191 e. The van der Waals surface area contributed by atoms with Crippen molar-refractivity contribution < 1.29 is 9.13 Å². The number of hydrogen-bond donors (Lipinski definition) is 2. The van der Waals surface area contributed by atoms with Crippen molar-refractivity contribution in [3.8, 4) is 0 Å². The van der Waals surface area contributed by atoms with Crippen molar-refractivity contribution in [3.05, 3.63) is 58.0 Å².